The second kappa shape index (κ2) is 9.43. The predicted molar refractivity (Wildman–Crippen MR) is 125 cm³/mol. The summed E-state index contributed by atoms with van der Waals surface area (Å²) >= 11 is 1.34. The Balaban J connectivity index is 1.52. The highest BCUT2D eigenvalue weighted by Crippen LogP contribution is 2.28. The highest BCUT2D eigenvalue weighted by atomic mass is 32.2. The zero-order chi connectivity index (χ0) is 22.7. The van der Waals surface area contributed by atoms with Gasteiger partial charge >= 0.3 is 0 Å². The molecule has 10 heteroatoms. The second-order valence-electron chi connectivity index (χ2n) is 7.67. The van der Waals surface area contributed by atoms with Gasteiger partial charge in [0.1, 0.15) is 0 Å². The molecule has 1 saturated heterocycles. The SMILES string of the molecule is Cc1ccc(-n2c(SCC(=O)N3CCN(S(C)(=O)=O)CC3)nnc2-c2ccccc2)cc1. The summed E-state index contributed by atoms with van der Waals surface area (Å²) in [7, 11) is -3.22. The number of hydrogen-bond acceptors (Lipinski definition) is 6. The summed E-state index contributed by atoms with van der Waals surface area (Å²) in [5, 5.41) is 9.41. The number of carbonyl (C=O) groups excluding carboxylic acids is 1. The number of carbonyl (C=O) groups is 1. The van der Waals surface area contributed by atoms with Crippen molar-refractivity contribution >= 4 is 27.7 Å². The van der Waals surface area contributed by atoms with Crippen LogP contribution in [0.1, 0.15) is 5.56 Å². The van der Waals surface area contributed by atoms with Gasteiger partial charge < -0.3 is 4.90 Å². The van der Waals surface area contributed by atoms with Crippen molar-refractivity contribution in [2.75, 3.05) is 38.2 Å². The van der Waals surface area contributed by atoms with Gasteiger partial charge in [-0.1, -0.05) is 59.8 Å². The molecule has 1 aromatic heterocycles. The summed E-state index contributed by atoms with van der Waals surface area (Å²) in [4.78, 5) is 14.5. The Kier molecular flexibility index (Phi) is 6.63. The highest BCUT2D eigenvalue weighted by molar-refractivity contribution is 7.99. The molecule has 3 aromatic rings. The topological polar surface area (TPSA) is 88.4 Å². The van der Waals surface area contributed by atoms with E-state index in [1.807, 2.05) is 66.1 Å². The predicted octanol–water partition coefficient (Wildman–Crippen LogP) is 2.44. The Morgan fingerprint density at radius 1 is 0.969 bits per heavy atom. The van der Waals surface area contributed by atoms with Gasteiger partial charge in [0, 0.05) is 37.4 Å². The average molecular weight is 472 g/mol. The molecule has 1 fully saturated rings. The zero-order valence-corrected chi connectivity index (χ0v) is 19.6. The van der Waals surface area contributed by atoms with Gasteiger partial charge in [0.25, 0.3) is 0 Å². The molecule has 0 saturated carbocycles. The van der Waals surface area contributed by atoms with Crippen LogP contribution in [0.2, 0.25) is 0 Å². The molecule has 2 heterocycles. The van der Waals surface area contributed by atoms with Crippen molar-refractivity contribution in [3.63, 3.8) is 0 Å². The van der Waals surface area contributed by atoms with Gasteiger partial charge in [0.2, 0.25) is 15.9 Å². The molecule has 4 rings (SSSR count). The Hall–Kier alpha value is -2.69. The summed E-state index contributed by atoms with van der Waals surface area (Å²) in [6.45, 7) is 3.48. The van der Waals surface area contributed by atoms with Crippen molar-refractivity contribution < 1.29 is 13.2 Å². The van der Waals surface area contributed by atoms with Crippen LogP contribution in [0.15, 0.2) is 59.8 Å². The number of aryl methyl sites for hydroxylation is 1. The molecule has 0 aliphatic carbocycles. The number of thioether (sulfide) groups is 1. The maximum absolute atomic E-state index is 12.8. The normalized spacial score (nSPS) is 15.1. The van der Waals surface area contributed by atoms with E-state index in [-0.39, 0.29) is 11.7 Å². The number of piperazine rings is 1. The van der Waals surface area contributed by atoms with Crippen LogP contribution in [-0.2, 0) is 14.8 Å². The van der Waals surface area contributed by atoms with Crippen LogP contribution in [0.3, 0.4) is 0 Å². The van der Waals surface area contributed by atoms with Crippen molar-refractivity contribution in [3.8, 4) is 17.1 Å². The van der Waals surface area contributed by atoms with E-state index in [0.717, 1.165) is 16.8 Å². The van der Waals surface area contributed by atoms with Gasteiger partial charge in [-0.05, 0) is 19.1 Å². The summed E-state index contributed by atoms with van der Waals surface area (Å²) in [6.07, 6.45) is 1.20. The van der Waals surface area contributed by atoms with E-state index < -0.39 is 10.0 Å². The number of sulfonamides is 1. The maximum atomic E-state index is 12.8. The first kappa shape index (κ1) is 22.5. The van der Waals surface area contributed by atoms with E-state index in [9.17, 15) is 13.2 Å². The summed E-state index contributed by atoms with van der Waals surface area (Å²) in [5.74, 6) is 0.881. The van der Waals surface area contributed by atoms with Crippen molar-refractivity contribution in [1.82, 2.24) is 24.0 Å². The van der Waals surface area contributed by atoms with Crippen LogP contribution in [0, 0.1) is 6.92 Å². The number of amides is 1. The van der Waals surface area contributed by atoms with E-state index in [1.54, 1.807) is 4.90 Å². The molecule has 0 unspecified atom stereocenters. The van der Waals surface area contributed by atoms with Gasteiger partial charge in [-0.25, -0.2) is 8.42 Å². The van der Waals surface area contributed by atoms with Crippen LogP contribution in [0.25, 0.3) is 17.1 Å². The lowest BCUT2D eigenvalue weighted by Crippen LogP contribution is -2.50. The lowest BCUT2D eigenvalue weighted by Gasteiger charge is -2.33. The second-order valence-corrected chi connectivity index (χ2v) is 10.6. The Bertz CT molecular complexity index is 1190. The fraction of sp³-hybridized carbons (Fsp3) is 0.318. The fourth-order valence-electron chi connectivity index (χ4n) is 3.55. The molecule has 0 spiro atoms. The molecular weight excluding hydrogens is 446 g/mol. The highest BCUT2D eigenvalue weighted by Gasteiger charge is 2.26. The Morgan fingerprint density at radius 2 is 1.62 bits per heavy atom. The minimum Gasteiger partial charge on any atom is -0.339 e. The summed E-state index contributed by atoms with van der Waals surface area (Å²) in [6, 6.07) is 17.9. The molecule has 0 radical (unpaired) electrons. The Morgan fingerprint density at radius 3 is 2.25 bits per heavy atom. The minimum atomic E-state index is -3.22. The first-order valence-electron chi connectivity index (χ1n) is 10.3. The fourth-order valence-corrected chi connectivity index (χ4v) is 5.23. The van der Waals surface area contributed by atoms with Gasteiger partial charge in [0.05, 0.1) is 12.0 Å². The van der Waals surface area contributed by atoms with Crippen LogP contribution in [0.4, 0.5) is 0 Å². The third-order valence-electron chi connectivity index (χ3n) is 5.34. The van der Waals surface area contributed by atoms with Gasteiger partial charge in [-0.2, -0.15) is 4.31 Å². The van der Waals surface area contributed by atoms with Crippen molar-refractivity contribution in [3.05, 3.63) is 60.2 Å². The van der Waals surface area contributed by atoms with Crippen LogP contribution in [0.5, 0.6) is 0 Å². The van der Waals surface area contributed by atoms with Crippen molar-refractivity contribution in [1.29, 1.82) is 0 Å². The molecule has 0 atom stereocenters. The lowest BCUT2D eigenvalue weighted by molar-refractivity contribution is -0.129. The summed E-state index contributed by atoms with van der Waals surface area (Å²) in [5.41, 5.74) is 3.02. The van der Waals surface area contributed by atoms with E-state index in [1.165, 1.54) is 22.3 Å². The van der Waals surface area contributed by atoms with E-state index >= 15 is 0 Å². The molecule has 0 bridgehead atoms. The number of nitrogens with zero attached hydrogens (tertiary/aromatic N) is 5. The van der Waals surface area contributed by atoms with Crippen molar-refractivity contribution in [2.45, 2.75) is 12.1 Å². The van der Waals surface area contributed by atoms with E-state index in [4.69, 9.17) is 0 Å². The molecule has 32 heavy (non-hydrogen) atoms. The third kappa shape index (κ3) is 5.03. The van der Waals surface area contributed by atoms with Gasteiger partial charge in [0.15, 0.2) is 11.0 Å². The summed E-state index contributed by atoms with van der Waals surface area (Å²) < 4.78 is 26.7. The van der Waals surface area contributed by atoms with Crippen molar-refractivity contribution in [2.24, 2.45) is 0 Å². The molecule has 168 valence electrons. The maximum Gasteiger partial charge on any atom is 0.233 e. The lowest BCUT2D eigenvalue weighted by atomic mass is 10.2. The molecule has 1 aliphatic heterocycles. The van der Waals surface area contributed by atoms with Crippen LogP contribution >= 0.6 is 11.8 Å². The third-order valence-corrected chi connectivity index (χ3v) is 7.56. The first-order chi connectivity index (χ1) is 15.3. The van der Waals surface area contributed by atoms with E-state index in [0.29, 0.717) is 37.2 Å². The molecule has 2 aromatic carbocycles. The minimum absolute atomic E-state index is 0.0390. The molecule has 8 nitrogen and oxygen atoms in total. The number of aromatic nitrogens is 3. The zero-order valence-electron chi connectivity index (χ0n) is 18.0. The number of benzene rings is 2. The molecular formula is C22H25N5O3S2. The van der Waals surface area contributed by atoms with Gasteiger partial charge in [-0.15, -0.1) is 10.2 Å². The Labute approximate surface area is 192 Å². The van der Waals surface area contributed by atoms with Gasteiger partial charge in [-0.3, -0.25) is 9.36 Å². The largest absolute Gasteiger partial charge is 0.339 e. The molecule has 0 N–H and O–H groups in total. The van der Waals surface area contributed by atoms with Crippen LogP contribution < -0.4 is 0 Å². The number of rotatable bonds is 6. The monoisotopic (exact) mass is 471 g/mol. The quantitative estimate of drug-likeness (QED) is 0.513. The molecule has 1 amide bonds. The average Bonchev–Trinajstić information content (AvgIpc) is 3.22. The standard InChI is InChI=1S/C22H25N5O3S2/c1-17-8-10-19(11-9-17)27-21(18-6-4-3-5-7-18)23-24-22(27)31-16-20(28)25-12-14-26(15-13-25)32(2,29)30/h3-11H,12-16H2,1-2H3. The first-order valence-corrected chi connectivity index (χ1v) is 13.1. The molecule has 1 aliphatic rings. The van der Waals surface area contributed by atoms with Crippen LogP contribution in [-0.4, -0.2) is 76.5 Å². The van der Waals surface area contributed by atoms with E-state index in [2.05, 4.69) is 10.2 Å². The number of hydrogen-bond donors (Lipinski definition) is 0. The smallest absolute Gasteiger partial charge is 0.233 e.